The minimum Gasteiger partial charge on any atom is -0.326 e. The van der Waals surface area contributed by atoms with Gasteiger partial charge in [0.2, 0.25) is 21.8 Å². The highest BCUT2D eigenvalue weighted by molar-refractivity contribution is 7.89. The lowest BCUT2D eigenvalue weighted by Crippen LogP contribution is -2.41. The van der Waals surface area contributed by atoms with Gasteiger partial charge in [-0.15, -0.1) is 0 Å². The Morgan fingerprint density at radius 1 is 1.00 bits per heavy atom. The highest BCUT2D eigenvalue weighted by atomic mass is 35.5. The van der Waals surface area contributed by atoms with Crippen LogP contribution in [0.15, 0.2) is 53.4 Å². The third-order valence-corrected chi connectivity index (χ3v) is 5.09. The molecule has 0 bridgehead atoms. The molecule has 0 aliphatic rings. The largest absolute Gasteiger partial charge is 0.326 e. The summed E-state index contributed by atoms with van der Waals surface area (Å²) in [5, 5.41) is 5.59. The van der Waals surface area contributed by atoms with Crippen LogP contribution in [0.4, 0.5) is 11.4 Å². The summed E-state index contributed by atoms with van der Waals surface area (Å²) in [7, 11) is -3.90. The predicted molar refractivity (Wildman–Crippen MR) is 101 cm³/mol. The van der Waals surface area contributed by atoms with E-state index in [9.17, 15) is 18.0 Å². The molecule has 0 aliphatic heterocycles. The van der Waals surface area contributed by atoms with Gasteiger partial charge in [-0.1, -0.05) is 17.7 Å². The summed E-state index contributed by atoms with van der Waals surface area (Å²) in [6, 6.07) is 11.1. The molecule has 9 heteroatoms. The maximum atomic E-state index is 12.4. The fourth-order valence-electron chi connectivity index (χ4n) is 2.09. The number of carbonyl (C=O) groups excluding carboxylic acids is 2. The Hall–Kier alpha value is -2.42. The fourth-order valence-corrected chi connectivity index (χ4v) is 3.48. The molecule has 0 fully saturated rings. The molecule has 3 N–H and O–H groups in total. The van der Waals surface area contributed by atoms with Crippen LogP contribution in [0.2, 0.25) is 5.02 Å². The summed E-state index contributed by atoms with van der Waals surface area (Å²) in [6.07, 6.45) is 0. The first-order chi connectivity index (χ1) is 12.2. The van der Waals surface area contributed by atoms with Crippen LogP contribution in [0.5, 0.6) is 0 Å². The molecule has 26 heavy (non-hydrogen) atoms. The van der Waals surface area contributed by atoms with E-state index in [0.29, 0.717) is 16.4 Å². The standard InChI is InChI=1S/C17H18ClN3O4S/c1-11(17(23)20-15-5-3-4-13(18)10-15)21-26(24,25)16-8-6-14(7-9-16)19-12(2)22/h3-11,21H,1-2H3,(H,19,22)(H,20,23)/t11-/m1/s1. The maximum Gasteiger partial charge on any atom is 0.242 e. The lowest BCUT2D eigenvalue weighted by atomic mass is 10.3. The van der Waals surface area contributed by atoms with Gasteiger partial charge < -0.3 is 10.6 Å². The number of rotatable bonds is 6. The van der Waals surface area contributed by atoms with Crippen LogP contribution in [-0.2, 0) is 19.6 Å². The van der Waals surface area contributed by atoms with Crippen LogP contribution in [-0.4, -0.2) is 26.3 Å². The van der Waals surface area contributed by atoms with E-state index in [1.165, 1.54) is 38.1 Å². The predicted octanol–water partition coefficient (Wildman–Crippen LogP) is 2.60. The molecule has 0 unspecified atom stereocenters. The van der Waals surface area contributed by atoms with Crippen molar-refractivity contribution in [3.05, 3.63) is 53.6 Å². The van der Waals surface area contributed by atoms with Crippen molar-refractivity contribution in [3.63, 3.8) is 0 Å². The van der Waals surface area contributed by atoms with E-state index in [1.54, 1.807) is 24.3 Å². The van der Waals surface area contributed by atoms with Gasteiger partial charge in [0.15, 0.2) is 0 Å². The molecule has 2 aromatic carbocycles. The van der Waals surface area contributed by atoms with Gasteiger partial charge in [-0.05, 0) is 49.4 Å². The number of anilines is 2. The topological polar surface area (TPSA) is 104 Å². The number of amides is 2. The summed E-state index contributed by atoms with van der Waals surface area (Å²) in [5.41, 5.74) is 0.941. The van der Waals surface area contributed by atoms with Crippen molar-refractivity contribution in [2.24, 2.45) is 0 Å². The number of hydrogen-bond donors (Lipinski definition) is 3. The van der Waals surface area contributed by atoms with Crippen molar-refractivity contribution in [1.29, 1.82) is 0 Å². The van der Waals surface area contributed by atoms with Crippen molar-refractivity contribution in [2.75, 3.05) is 10.6 Å². The lowest BCUT2D eigenvalue weighted by Gasteiger charge is -2.15. The zero-order valence-electron chi connectivity index (χ0n) is 14.1. The first-order valence-corrected chi connectivity index (χ1v) is 9.50. The normalized spacial score (nSPS) is 12.3. The quantitative estimate of drug-likeness (QED) is 0.699. The van der Waals surface area contributed by atoms with E-state index < -0.39 is 22.0 Å². The van der Waals surface area contributed by atoms with E-state index in [1.807, 2.05) is 0 Å². The number of nitrogens with one attached hydrogen (secondary N) is 3. The van der Waals surface area contributed by atoms with E-state index in [0.717, 1.165) is 0 Å². The Balaban J connectivity index is 2.05. The third-order valence-electron chi connectivity index (χ3n) is 3.30. The van der Waals surface area contributed by atoms with Crippen molar-refractivity contribution in [3.8, 4) is 0 Å². The van der Waals surface area contributed by atoms with Crippen molar-refractivity contribution >= 4 is 44.8 Å². The van der Waals surface area contributed by atoms with E-state index in [2.05, 4.69) is 15.4 Å². The maximum absolute atomic E-state index is 12.4. The van der Waals surface area contributed by atoms with Gasteiger partial charge in [0.1, 0.15) is 0 Å². The molecule has 138 valence electrons. The van der Waals surface area contributed by atoms with Gasteiger partial charge in [-0.2, -0.15) is 4.72 Å². The van der Waals surface area contributed by atoms with Gasteiger partial charge >= 0.3 is 0 Å². The highest BCUT2D eigenvalue weighted by Crippen LogP contribution is 2.16. The van der Waals surface area contributed by atoms with Gasteiger partial charge in [-0.25, -0.2) is 8.42 Å². The highest BCUT2D eigenvalue weighted by Gasteiger charge is 2.22. The van der Waals surface area contributed by atoms with Crippen molar-refractivity contribution in [2.45, 2.75) is 24.8 Å². The van der Waals surface area contributed by atoms with Gasteiger partial charge in [-0.3, -0.25) is 9.59 Å². The molecular weight excluding hydrogens is 378 g/mol. The Morgan fingerprint density at radius 2 is 1.65 bits per heavy atom. The summed E-state index contributed by atoms with van der Waals surface area (Å²) in [4.78, 5) is 23.2. The van der Waals surface area contributed by atoms with Crippen molar-refractivity contribution in [1.82, 2.24) is 4.72 Å². The number of carbonyl (C=O) groups is 2. The second-order valence-electron chi connectivity index (χ2n) is 5.55. The summed E-state index contributed by atoms with van der Waals surface area (Å²) in [6.45, 7) is 2.79. The minimum atomic E-state index is -3.90. The van der Waals surface area contributed by atoms with E-state index in [-0.39, 0.29) is 10.8 Å². The zero-order valence-corrected chi connectivity index (χ0v) is 15.7. The molecule has 2 rings (SSSR count). The van der Waals surface area contributed by atoms with Crippen LogP contribution in [0, 0.1) is 0 Å². The SMILES string of the molecule is CC(=O)Nc1ccc(S(=O)(=O)N[C@H](C)C(=O)Nc2cccc(Cl)c2)cc1. The van der Waals surface area contributed by atoms with Gasteiger partial charge in [0.25, 0.3) is 0 Å². The minimum absolute atomic E-state index is 0.0194. The molecule has 0 saturated carbocycles. The average Bonchev–Trinajstić information content (AvgIpc) is 2.54. The molecule has 2 amide bonds. The second kappa shape index (κ2) is 8.31. The Bertz CT molecular complexity index is 914. The smallest absolute Gasteiger partial charge is 0.242 e. The number of sulfonamides is 1. The Labute approximate surface area is 156 Å². The fraction of sp³-hybridized carbons (Fsp3) is 0.176. The number of halogens is 1. The molecule has 0 aromatic heterocycles. The van der Waals surface area contributed by atoms with Crippen LogP contribution in [0.1, 0.15) is 13.8 Å². The first-order valence-electron chi connectivity index (χ1n) is 7.64. The van der Waals surface area contributed by atoms with E-state index >= 15 is 0 Å². The molecule has 1 atom stereocenters. The monoisotopic (exact) mass is 395 g/mol. The van der Waals surface area contributed by atoms with Crippen LogP contribution in [0.25, 0.3) is 0 Å². The van der Waals surface area contributed by atoms with Crippen molar-refractivity contribution < 1.29 is 18.0 Å². The zero-order chi connectivity index (χ0) is 19.3. The summed E-state index contributed by atoms with van der Waals surface area (Å²) in [5.74, 6) is -0.782. The van der Waals surface area contributed by atoms with Crippen LogP contribution in [0.3, 0.4) is 0 Å². The molecule has 0 spiro atoms. The first kappa shape index (κ1) is 19.9. The third kappa shape index (κ3) is 5.55. The molecule has 2 aromatic rings. The Morgan fingerprint density at radius 3 is 2.23 bits per heavy atom. The number of hydrogen-bond acceptors (Lipinski definition) is 4. The van der Waals surface area contributed by atoms with E-state index in [4.69, 9.17) is 11.6 Å². The summed E-state index contributed by atoms with van der Waals surface area (Å²) >= 11 is 5.85. The number of benzene rings is 2. The van der Waals surface area contributed by atoms with Crippen LogP contribution < -0.4 is 15.4 Å². The summed E-state index contributed by atoms with van der Waals surface area (Å²) < 4.78 is 27.1. The van der Waals surface area contributed by atoms with Gasteiger partial charge in [0.05, 0.1) is 10.9 Å². The molecule has 0 aliphatic carbocycles. The molecule has 7 nitrogen and oxygen atoms in total. The molecule has 0 saturated heterocycles. The second-order valence-corrected chi connectivity index (χ2v) is 7.70. The molecule has 0 heterocycles. The molecular formula is C17H18ClN3O4S. The molecule has 0 radical (unpaired) electrons. The van der Waals surface area contributed by atoms with Crippen LogP contribution >= 0.6 is 11.6 Å². The average molecular weight is 396 g/mol. The lowest BCUT2D eigenvalue weighted by molar-refractivity contribution is -0.117. The van der Waals surface area contributed by atoms with Gasteiger partial charge in [0, 0.05) is 23.3 Å². The Kier molecular flexibility index (Phi) is 6.36.